The zero-order chi connectivity index (χ0) is 12.8. The van der Waals surface area contributed by atoms with Crippen LogP contribution >= 0.6 is 0 Å². The van der Waals surface area contributed by atoms with Crippen molar-refractivity contribution in [3.63, 3.8) is 0 Å². The highest BCUT2D eigenvalue weighted by Crippen LogP contribution is 2.28. The highest BCUT2D eigenvalue weighted by Gasteiger charge is 2.20. The zero-order valence-corrected chi connectivity index (χ0v) is 10.3. The number of amides is 1. The largest absolute Gasteiger partial charge is 0.379 e. The van der Waals surface area contributed by atoms with Crippen molar-refractivity contribution in [2.24, 2.45) is 11.8 Å². The third kappa shape index (κ3) is 4.01. The fourth-order valence-electron chi connectivity index (χ4n) is 1.59. The summed E-state index contributed by atoms with van der Waals surface area (Å²) in [6.07, 6.45) is 2.57. The average molecular weight is 249 g/mol. The summed E-state index contributed by atoms with van der Waals surface area (Å²) in [6, 6.07) is 6.99. The van der Waals surface area contributed by atoms with Crippen LogP contribution in [0, 0.1) is 5.92 Å². The molecular weight excluding hydrogens is 230 g/mol. The molecule has 0 aromatic heterocycles. The number of benzene rings is 1. The van der Waals surface area contributed by atoms with Crippen molar-refractivity contribution < 1.29 is 9.53 Å². The second-order valence-electron chi connectivity index (χ2n) is 4.50. The third-order valence-corrected chi connectivity index (χ3v) is 2.90. The van der Waals surface area contributed by atoms with Crippen LogP contribution in [0.3, 0.4) is 0 Å². The first-order chi connectivity index (χ1) is 8.79. The van der Waals surface area contributed by atoms with Crippen molar-refractivity contribution in [1.29, 1.82) is 0 Å². The Balaban J connectivity index is 1.65. The van der Waals surface area contributed by atoms with Crippen LogP contribution in [0.4, 0.5) is 5.69 Å². The number of nitrogens with two attached hydrogens (primary N) is 1. The number of nitrogens with one attached hydrogen (secondary N) is 2. The van der Waals surface area contributed by atoms with Gasteiger partial charge in [-0.05, 0) is 43.0 Å². The molecule has 1 aliphatic rings. The molecule has 1 amide bonds. The quantitative estimate of drug-likeness (QED) is 0.384. The van der Waals surface area contributed by atoms with Gasteiger partial charge in [-0.25, -0.2) is 0 Å². The molecule has 5 nitrogen and oxygen atoms in total. The van der Waals surface area contributed by atoms with Gasteiger partial charge in [-0.1, -0.05) is 0 Å². The molecule has 1 aromatic carbocycles. The lowest BCUT2D eigenvalue weighted by Crippen LogP contribution is -2.27. The highest BCUT2D eigenvalue weighted by molar-refractivity contribution is 5.94. The predicted octanol–water partition coefficient (Wildman–Crippen LogP) is 1.13. The van der Waals surface area contributed by atoms with Crippen LogP contribution in [0.1, 0.15) is 23.2 Å². The number of hydrogen-bond donors (Lipinski definition) is 3. The fourth-order valence-corrected chi connectivity index (χ4v) is 1.59. The van der Waals surface area contributed by atoms with Gasteiger partial charge in [0.25, 0.3) is 5.91 Å². The number of hydrazine groups is 1. The molecule has 0 aliphatic heterocycles. The first kappa shape index (κ1) is 12.9. The number of nitrogen functional groups attached to an aromatic ring is 1. The smallest absolute Gasteiger partial charge is 0.251 e. The van der Waals surface area contributed by atoms with Gasteiger partial charge in [0.05, 0.1) is 6.61 Å². The summed E-state index contributed by atoms with van der Waals surface area (Å²) in [6.45, 7) is 1.94. The maximum absolute atomic E-state index is 11.7. The summed E-state index contributed by atoms with van der Waals surface area (Å²) < 4.78 is 5.44. The second-order valence-corrected chi connectivity index (χ2v) is 4.50. The second kappa shape index (κ2) is 6.37. The van der Waals surface area contributed by atoms with Gasteiger partial charge in [-0.15, -0.1) is 0 Å². The SMILES string of the molecule is NNc1ccc(C(=O)NCCOCC2CC2)cc1. The van der Waals surface area contributed by atoms with E-state index in [0.29, 0.717) is 18.7 Å². The Morgan fingerprint density at radius 3 is 2.67 bits per heavy atom. The van der Waals surface area contributed by atoms with Crippen LogP contribution in [0.5, 0.6) is 0 Å². The number of ether oxygens (including phenoxy) is 1. The normalized spacial score (nSPS) is 14.3. The number of carbonyl (C=O) groups is 1. The molecule has 0 unspecified atom stereocenters. The number of carbonyl (C=O) groups excluding carboxylic acids is 1. The topological polar surface area (TPSA) is 76.4 Å². The molecule has 1 saturated carbocycles. The van der Waals surface area contributed by atoms with Crippen molar-refractivity contribution >= 4 is 11.6 Å². The van der Waals surface area contributed by atoms with Crippen molar-refractivity contribution in [2.75, 3.05) is 25.2 Å². The lowest BCUT2D eigenvalue weighted by atomic mass is 10.2. The van der Waals surface area contributed by atoms with Gasteiger partial charge in [-0.2, -0.15) is 0 Å². The van der Waals surface area contributed by atoms with Gasteiger partial charge in [0.2, 0.25) is 0 Å². The molecule has 1 aliphatic carbocycles. The Morgan fingerprint density at radius 1 is 1.33 bits per heavy atom. The fraction of sp³-hybridized carbons (Fsp3) is 0.462. The van der Waals surface area contributed by atoms with E-state index in [-0.39, 0.29) is 5.91 Å². The third-order valence-electron chi connectivity index (χ3n) is 2.90. The first-order valence-corrected chi connectivity index (χ1v) is 6.22. The van der Waals surface area contributed by atoms with E-state index in [1.807, 2.05) is 0 Å². The summed E-state index contributed by atoms with van der Waals surface area (Å²) in [5.74, 6) is 5.92. The van der Waals surface area contributed by atoms with Gasteiger partial charge in [0.15, 0.2) is 0 Å². The maximum Gasteiger partial charge on any atom is 0.251 e. The molecule has 0 atom stereocenters. The Labute approximate surface area is 107 Å². The van der Waals surface area contributed by atoms with E-state index in [0.717, 1.165) is 18.2 Å². The minimum absolute atomic E-state index is 0.0893. The minimum atomic E-state index is -0.0893. The van der Waals surface area contributed by atoms with Crippen molar-refractivity contribution in [1.82, 2.24) is 5.32 Å². The predicted molar refractivity (Wildman–Crippen MR) is 70.1 cm³/mol. The van der Waals surface area contributed by atoms with Gasteiger partial charge >= 0.3 is 0 Å². The van der Waals surface area contributed by atoms with Gasteiger partial charge < -0.3 is 15.5 Å². The van der Waals surface area contributed by atoms with Gasteiger partial charge in [0, 0.05) is 24.4 Å². The molecule has 4 N–H and O–H groups in total. The van der Waals surface area contributed by atoms with Crippen molar-refractivity contribution in [3.05, 3.63) is 29.8 Å². The van der Waals surface area contributed by atoms with Crippen LogP contribution in [-0.2, 0) is 4.74 Å². The summed E-state index contributed by atoms with van der Waals surface area (Å²) >= 11 is 0. The summed E-state index contributed by atoms with van der Waals surface area (Å²) in [4.78, 5) is 11.7. The number of hydrogen-bond acceptors (Lipinski definition) is 4. The van der Waals surface area contributed by atoms with Crippen LogP contribution in [0.15, 0.2) is 24.3 Å². The van der Waals surface area contributed by atoms with E-state index < -0.39 is 0 Å². The highest BCUT2D eigenvalue weighted by atomic mass is 16.5. The monoisotopic (exact) mass is 249 g/mol. The maximum atomic E-state index is 11.7. The van der Waals surface area contributed by atoms with Crippen LogP contribution in [-0.4, -0.2) is 25.7 Å². The molecule has 0 saturated heterocycles. The summed E-state index contributed by atoms with van der Waals surface area (Å²) in [7, 11) is 0. The molecule has 0 bridgehead atoms. The molecule has 1 aromatic rings. The van der Waals surface area contributed by atoms with E-state index in [1.54, 1.807) is 24.3 Å². The molecule has 0 spiro atoms. The molecule has 1 fully saturated rings. The Morgan fingerprint density at radius 2 is 2.06 bits per heavy atom. The molecule has 0 radical (unpaired) electrons. The van der Waals surface area contributed by atoms with Crippen molar-refractivity contribution in [3.8, 4) is 0 Å². The summed E-state index contributed by atoms with van der Waals surface area (Å²) in [5, 5.41) is 2.81. The molecule has 5 heteroatoms. The lowest BCUT2D eigenvalue weighted by Gasteiger charge is -2.06. The standard InChI is InChI=1S/C13H19N3O2/c14-16-12-5-3-11(4-6-12)13(17)15-7-8-18-9-10-1-2-10/h3-6,10,16H,1-2,7-9,14H2,(H,15,17). The van der Waals surface area contributed by atoms with E-state index in [4.69, 9.17) is 10.6 Å². The number of rotatable bonds is 7. The van der Waals surface area contributed by atoms with Crippen LogP contribution in [0.25, 0.3) is 0 Å². The van der Waals surface area contributed by atoms with E-state index in [9.17, 15) is 4.79 Å². The van der Waals surface area contributed by atoms with Gasteiger partial charge in [0.1, 0.15) is 0 Å². The molecule has 2 rings (SSSR count). The van der Waals surface area contributed by atoms with E-state index >= 15 is 0 Å². The Kier molecular flexibility index (Phi) is 4.55. The Hall–Kier alpha value is -1.59. The molecular formula is C13H19N3O2. The molecule has 18 heavy (non-hydrogen) atoms. The number of anilines is 1. The average Bonchev–Trinajstić information content (AvgIpc) is 3.22. The van der Waals surface area contributed by atoms with E-state index in [2.05, 4.69) is 10.7 Å². The molecule has 0 heterocycles. The van der Waals surface area contributed by atoms with Gasteiger partial charge in [-0.3, -0.25) is 10.6 Å². The van der Waals surface area contributed by atoms with E-state index in [1.165, 1.54) is 12.8 Å². The first-order valence-electron chi connectivity index (χ1n) is 6.22. The lowest BCUT2D eigenvalue weighted by molar-refractivity contribution is 0.0906. The zero-order valence-electron chi connectivity index (χ0n) is 10.3. The van der Waals surface area contributed by atoms with Crippen LogP contribution < -0.4 is 16.6 Å². The van der Waals surface area contributed by atoms with Crippen LogP contribution in [0.2, 0.25) is 0 Å². The minimum Gasteiger partial charge on any atom is -0.379 e. The summed E-state index contributed by atoms with van der Waals surface area (Å²) in [5.41, 5.74) is 3.92. The Bertz CT molecular complexity index is 388. The van der Waals surface area contributed by atoms with Crippen molar-refractivity contribution in [2.45, 2.75) is 12.8 Å². The molecule has 98 valence electrons.